The number of benzene rings is 2. The fourth-order valence-corrected chi connectivity index (χ4v) is 2.36. The second-order valence-electron chi connectivity index (χ2n) is 4.52. The second-order valence-corrected chi connectivity index (χ2v) is 5.51. The van der Waals surface area contributed by atoms with E-state index in [1.807, 2.05) is 43.3 Å². The molecule has 0 atom stereocenters. The van der Waals surface area contributed by atoms with Crippen molar-refractivity contribution in [1.82, 2.24) is 0 Å². The molecule has 0 aromatic heterocycles. The van der Waals surface area contributed by atoms with E-state index in [9.17, 15) is 4.39 Å². The van der Waals surface area contributed by atoms with Crippen molar-refractivity contribution in [3.8, 4) is 0 Å². The van der Waals surface area contributed by atoms with E-state index in [4.69, 9.17) is 5.73 Å². The molecule has 0 radical (unpaired) electrons. The third-order valence-electron chi connectivity index (χ3n) is 2.66. The summed E-state index contributed by atoms with van der Waals surface area (Å²) in [4.78, 5) is 0. The van der Waals surface area contributed by atoms with Crippen molar-refractivity contribution >= 4 is 23.1 Å². The van der Waals surface area contributed by atoms with Gasteiger partial charge in [-0.15, -0.1) is 5.10 Å². The molecule has 0 fully saturated rings. The lowest BCUT2D eigenvalue weighted by Crippen LogP contribution is -2.06. The Labute approximate surface area is 127 Å². The van der Waals surface area contributed by atoms with Gasteiger partial charge in [0, 0.05) is 5.75 Å². The van der Waals surface area contributed by atoms with Gasteiger partial charge in [0.2, 0.25) is 0 Å². The van der Waals surface area contributed by atoms with Crippen LogP contribution in [0.25, 0.3) is 0 Å². The van der Waals surface area contributed by atoms with Crippen LogP contribution >= 0.6 is 11.8 Å². The van der Waals surface area contributed by atoms with Gasteiger partial charge in [0.25, 0.3) is 0 Å². The number of thioether (sulfide) groups is 1. The number of aryl methyl sites for hydroxylation is 1. The van der Waals surface area contributed by atoms with E-state index >= 15 is 0 Å². The van der Waals surface area contributed by atoms with Crippen molar-refractivity contribution < 1.29 is 4.39 Å². The molecule has 2 aromatic rings. The standard InChI is InChI=1S/C16H16FN3S/c1-12-7-14(9-15(17)8-12)10-19-20-16(18)21-11-13-5-3-2-4-6-13/h2-10H,11H2,1H3,(H2,18,20). The Hall–Kier alpha value is -2.14. The zero-order valence-electron chi connectivity index (χ0n) is 11.7. The van der Waals surface area contributed by atoms with E-state index in [0.29, 0.717) is 10.7 Å². The third kappa shape index (κ3) is 5.39. The first-order valence-electron chi connectivity index (χ1n) is 6.44. The molecule has 0 heterocycles. The first-order chi connectivity index (χ1) is 10.1. The minimum atomic E-state index is -0.285. The van der Waals surface area contributed by atoms with E-state index in [1.165, 1.54) is 35.7 Å². The third-order valence-corrected chi connectivity index (χ3v) is 3.51. The molecule has 2 aromatic carbocycles. The number of halogens is 1. The molecule has 0 aliphatic rings. The summed E-state index contributed by atoms with van der Waals surface area (Å²) in [5.41, 5.74) is 8.45. The summed E-state index contributed by atoms with van der Waals surface area (Å²) < 4.78 is 13.2. The predicted octanol–water partition coefficient (Wildman–Crippen LogP) is 3.72. The number of hydrogen-bond acceptors (Lipinski definition) is 3. The van der Waals surface area contributed by atoms with Crippen LogP contribution in [0.5, 0.6) is 0 Å². The molecule has 0 aliphatic heterocycles. The lowest BCUT2D eigenvalue weighted by molar-refractivity contribution is 0.626. The van der Waals surface area contributed by atoms with E-state index in [-0.39, 0.29) is 5.82 Å². The van der Waals surface area contributed by atoms with Crippen LogP contribution in [0.1, 0.15) is 16.7 Å². The molecule has 0 saturated heterocycles. The zero-order valence-corrected chi connectivity index (χ0v) is 12.5. The Morgan fingerprint density at radius 1 is 1.24 bits per heavy atom. The smallest absolute Gasteiger partial charge is 0.180 e. The molecule has 2 N–H and O–H groups in total. The van der Waals surface area contributed by atoms with Gasteiger partial charge in [-0.05, 0) is 35.7 Å². The maximum Gasteiger partial charge on any atom is 0.180 e. The molecule has 0 amide bonds. The van der Waals surface area contributed by atoms with Gasteiger partial charge in [0.1, 0.15) is 5.82 Å². The van der Waals surface area contributed by atoms with Gasteiger partial charge < -0.3 is 5.73 Å². The molecular formula is C16H16FN3S. The highest BCUT2D eigenvalue weighted by Crippen LogP contribution is 2.11. The van der Waals surface area contributed by atoms with E-state index in [1.54, 1.807) is 0 Å². The SMILES string of the molecule is Cc1cc(F)cc(C=NN=C(N)SCc2ccccc2)c1. The summed E-state index contributed by atoms with van der Waals surface area (Å²) >= 11 is 1.41. The Bertz CT molecular complexity index is 634. The minimum absolute atomic E-state index is 0.285. The number of nitrogens with zero attached hydrogens (tertiary/aromatic N) is 2. The number of amidine groups is 1. The molecule has 0 bridgehead atoms. The van der Waals surface area contributed by atoms with Crippen LogP contribution in [-0.4, -0.2) is 11.4 Å². The van der Waals surface area contributed by atoms with Crippen molar-refractivity contribution in [2.24, 2.45) is 15.9 Å². The van der Waals surface area contributed by atoms with Gasteiger partial charge in [0.15, 0.2) is 5.17 Å². The molecule has 108 valence electrons. The summed E-state index contributed by atoms with van der Waals surface area (Å²) in [6.07, 6.45) is 1.49. The predicted molar refractivity (Wildman–Crippen MR) is 88.1 cm³/mol. The van der Waals surface area contributed by atoms with Gasteiger partial charge in [-0.25, -0.2) is 4.39 Å². The van der Waals surface area contributed by atoms with Crippen LogP contribution in [0.2, 0.25) is 0 Å². The largest absolute Gasteiger partial charge is 0.377 e. The molecule has 0 aliphatic carbocycles. The van der Waals surface area contributed by atoms with Crippen LogP contribution in [0.4, 0.5) is 4.39 Å². The number of nitrogens with two attached hydrogens (primary N) is 1. The average Bonchev–Trinajstić information content (AvgIpc) is 2.45. The van der Waals surface area contributed by atoms with Gasteiger partial charge in [0.05, 0.1) is 6.21 Å². The van der Waals surface area contributed by atoms with Crippen molar-refractivity contribution in [2.75, 3.05) is 0 Å². The van der Waals surface area contributed by atoms with Crippen LogP contribution in [-0.2, 0) is 5.75 Å². The van der Waals surface area contributed by atoms with Crippen LogP contribution in [0.15, 0.2) is 58.7 Å². The summed E-state index contributed by atoms with van der Waals surface area (Å²) in [5, 5.41) is 8.16. The molecule has 0 saturated carbocycles. The Balaban J connectivity index is 1.92. The van der Waals surface area contributed by atoms with Crippen LogP contribution in [0, 0.1) is 12.7 Å². The summed E-state index contributed by atoms with van der Waals surface area (Å²) in [6.45, 7) is 1.83. The molecular weight excluding hydrogens is 285 g/mol. The molecule has 21 heavy (non-hydrogen) atoms. The van der Waals surface area contributed by atoms with Crippen LogP contribution < -0.4 is 5.73 Å². The molecule has 0 spiro atoms. The highest BCUT2D eigenvalue weighted by molar-refractivity contribution is 8.13. The summed E-state index contributed by atoms with van der Waals surface area (Å²) in [5.74, 6) is 0.456. The monoisotopic (exact) mass is 301 g/mol. The average molecular weight is 301 g/mol. The Morgan fingerprint density at radius 2 is 2.00 bits per heavy atom. The topological polar surface area (TPSA) is 50.7 Å². The van der Waals surface area contributed by atoms with Gasteiger partial charge >= 0.3 is 0 Å². The first kappa shape index (κ1) is 15.3. The van der Waals surface area contributed by atoms with Crippen molar-refractivity contribution in [3.63, 3.8) is 0 Å². The van der Waals surface area contributed by atoms with E-state index < -0.39 is 0 Å². The number of hydrogen-bond donors (Lipinski definition) is 1. The summed E-state index contributed by atoms with van der Waals surface area (Å²) in [6, 6.07) is 14.7. The summed E-state index contributed by atoms with van der Waals surface area (Å²) in [7, 11) is 0. The van der Waals surface area contributed by atoms with Crippen molar-refractivity contribution in [3.05, 3.63) is 71.0 Å². The Kier molecular flexibility index (Phi) is 5.51. The maximum absolute atomic E-state index is 13.2. The van der Waals surface area contributed by atoms with Gasteiger partial charge in [-0.1, -0.05) is 48.2 Å². The molecule has 2 rings (SSSR count). The molecule has 3 nitrogen and oxygen atoms in total. The lowest BCUT2D eigenvalue weighted by atomic mass is 10.1. The minimum Gasteiger partial charge on any atom is -0.377 e. The fourth-order valence-electron chi connectivity index (χ4n) is 1.75. The molecule has 5 heteroatoms. The second kappa shape index (κ2) is 7.59. The fraction of sp³-hybridized carbons (Fsp3) is 0.125. The zero-order chi connectivity index (χ0) is 15.1. The first-order valence-corrected chi connectivity index (χ1v) is 7.42. The van der Waals surface area contributed by atoms with E-state index in [2.05, 4.69) is 10.2 Å². The maximum atomic E-state index is 13.2. The van der Waals surface area contributed by atoms with Crippen molar-refractivity contribution in [1.29, 1.82) is 0 Å². The van der Waals surface area contributed by atoms with E-state index in [0.717, 1.165) is 11.3 Å². The van der Waals surface area contributed by atoms with Crippen LogP contribution in [0.3, 0.4) is 0 Å². The number of rotatable bonds is 4. The highest BCUT2D eigenvalue weighted by atomic mass is 32.2. The van der Waals surface area contributed by atoms with Gasteiger partial charge in [-0.2, -0.15) is 5.10 Å². The quantitative estimate of drug-likeness (QED) is 0.531. The van der Waals surface area contributed by atoms with Crippen molar-refractivity contribution in [2.45, 2.75) is 12.7 Å². The lowest BCUT2D eigenvalue weighted by Gasteiger charge is -1.99. The molecule has 0 unspecified atom stereocenters. The highest BCUT2D eigenvalue weighted by Gasteiger charge is 1.97. The Morgan fingerprint density at radius 3 is 2.71 bits per heavy atom. The normalized spacial score (nSPS) is 12.0. The van der Waals surface area contributed by atoms with Gasteiger partial charge in [-0.3, -0.25) is 0 Å².